The molecule has 0 aliphatic heterocycles. The van der Waals surface area contributed by atoms with Crippen molar-refractivity contribution in [2.45, 2.75) is 20.4 Å². The third-order valence-corrected chi connectivity index (χ3v) is 3.59. The first kappa shape index (κ1) is 12.9. The lowest BCUT2D eigenvalue weighted by Gasteiger charge is -2.01. The van der Waals surface area contributed by atoms with Crippen LogP contribution in [-0.2, 0) is 6.54 Å². The Kier molecular flexibility index (Phi) is 3.28. The Morgan fingerprint density at radius 3 is 2.65 bits per heavy atom. The Hall–Kier alpha value is -2.13. The molecule has 3 heteroatoms. The van der Waals surface area contributed by atoms with Gasteiger partial charge in [-0.05, 0) is 61.9 Å². The largest absolute Gasteiger partial charge is 0.436 e. The van der Waals surface area contributed by atoms with Crippen LogP contribution in [0.25, 0.3) is 22.6 Å². The van der Waals surface area contributed by atoms with Gasteiger partial charge in [0, 0.05) is 12.1 Å². The van der Waals surface area contributed by atoms with Crippen LogP contribution < -0.4 is 5.32 Å². The minimum absolute atomic E-state index is 0.685. The molecule has 0 radical (unpaired) electrons. The molecular formula is C17H18N2O. The van der Waals surface area contributed by atoms with E-state index in [0.29, 0.717) is 5.89 Å². The van der Waals surface area contributed by atoms with Crippen molar-refractivity contribution in [3.05, 3.63) is 53.1 Å². The Labute approximate surface area is 118 Å². The lowest BCUT2D eigenvalue weighted by molar-refractivity contribution is 0.619. The minimum atomic E-state index is 0.685. The molecule has 0 saturated heterocycles. The smallest absolute Gasteiger partial charge is 0.227 e. The lowest BCUT2D eigenvalue weighted by atomic mass is 10.1. The lowest BCUT2D eigenvalue weighted by Crippen LogP contribution is -2.04. The fourth-order valence-electron chi connectivity index (χ4n) is 2.29. The Morgan fingerprint density at radius 2 is 1.90 bits per heavy atom. The zero-order valence-corrected chi connectivity index (χ0v) is 12.0. The number of hydrogen-bond acceptors (Lipinski definition) is 3. The molecular weight excluding hydrogens is 248 g/mol. The molecule has 1 aromatic heterocycles. The number of benzene rings is 2. The van der Waals surface area contributed by atoms with Crippen molar-refractivity contribution in [1.29, 1.82) is 0 Å². The van der Waals surface area contributed by atoms with Crippen molar-refractivity contribution in [3.63, 3.8) is 0 Å². The summed E-state index contributed by atoms with van der Waals surface area (Å²) < 4.78 is 5.85. The van der Waals surface area contributed by atoms with Gasteiger partial charge in [0.15, 0.2) is 5.58 Å². The summed E-state index contributed by atoms with van der Waals surface area (Å²) in [6.45, 7) is 5.05. The van der Waals surface area contributed by atoms with E-state index >= 15 is 0 Å². The van der Waals surface area contributed by atoms with E-state index in [4.69, 9.17) is 4.42 Å². The van der Waals surface area contributed by atoms with Gasteiger partial charge in [0.2, 0.25) is 5.89 Å². The van der Waals surface area contributed by atoms with Gasteiger partial charge in [0.05, 0.1) is 0 Å². The first-order valence-corrected chi connectivity index (χ1v) is 6.79. The number of aromatic nitrogens is 1. The van der Waals surface area contributed by atoms with Gasteiger partial charge in [-0.3, -0.25) is 0 Å². The summed E-state index contributed by atoms with van der Waals surface area (Å²) in [4.78, 5) is 4.60. The molecule has 0 aliphatic rings. The van der Waals surface area contributed by atoms with Gasteiger partial charge < -0.3 is 9.73 Å². The van der Waals surface area contributed by atoms with Crippen molar-refractivity contribution in [1.82, 2.24) is 10.3 Å². The van der Waals surface area contributed by atoms with Gasteiger partial charge in [-0.15, -0.1) is 0 Å². The van der Waals surface area contributed by atoms with Crippen LogP contribution in [0.1, 0.15) is 16.7 Å². The SMILES string of the molecule is CNCc1ccc2oc(-c3ccc(C)c(C)c3)nc2c1. The Balaban J connectivity index is 2.05. The fourth-order valence-corrected chi connectivity index (χ4v) is 2.29. The van der Waals surface area contributed by atoms with Crippen LogP contribution in [0.15, 0.2) is 40.8 Å². The van der Waals surface area contributed by atoms with Crippen LogP contribution in [0.3, 0.4) is 0 Å². The average molecular weight is 266 g/mol. The van der Waals surface area contributed by atoms with E-state index in [1.807, 2.05) is 13.1 Å². The summed E-state index contributed by atoms with van der Waals surface area (Å²) in [5.74, 6) is 0.685. The average Bonchev–Trinajstić information content (AvgIpc) is 2.85. The highest BCUT2D eigenvalue weighted by Gasteiger charge is 2.09. The molecule has 3 rings (SSSR count). The highest BCUT2D eigenvalue weighted by atomic mass is 16.3. The molecule has 3 nitrogen and oxygen atoms in total. The molecule has 0 amide bonds. The standard InChI is InChI=1S/C17H18N2O/c1-11-4-6-14(8-12(11)2)17-19-15-9-13(10-18-3)5-7-16(15)20-17/h4-9,18H,10H2,1-3H3. The zero-order chi connectivity index (χ0) is 14.1. The van der Waals surface area contributed by atoms with Crippen LogP contribution >= 0.6 is 0 Å². The molecule has 0 aliphatic carbocycles. The quantitative estimate of drug-likeness (QED) is 0.783. The third-order valence-electron chi connectivity index (χ3n) is 3.59. The number of nitrogens with zero attached hydrogens (tertiary/aromatic N) is 1. The van der Waals surface area contributed by atoms with E-state index in [1.54, 1.807) is 0 Å². The molecule has 102 valence electrons. The summed E-state index contributed by atoms with van der Waals surface area (Å²) in [5, 5.41) is 3.14. The van der Waals surface area contributed by atoms with E-state index in [-0.39, 0.29) is 0 Å². The van der Waals surface area contributed by atoms with Crippen LogP contribution in [-0.4, -0.2) is 12.0 Å². The van der Waals surface area contributed by atoms with E-state index in [9.17, 15) is 0 Å². The van der Waals surface area contributed by atoms with Crippen molar-refractivity contribution in [2.24, 2.45) is 0 Å². The molecule has 1 heterocycles. The first-order valence-electron chi connectivity index (χ1n) is 6.79. The maximum atomic E-state index is 5.85. The normalized spacial score (nSPS) is 11.2. The molecule has 1 N–H and O–H groups in total. The second kappa shape index (κ2) is 5.10. The van der Waals surface area contributed by atoms with Crippen molar-refractivity contribution in [2.75, 3.05) is 7.05 Å². The minimum Gasteiger partial charge on any atom is -0.436 e. The topological polar surface area (TPSA) is 38.1 Å². The second-order valence-corrected chi connectivity index (χ2v) is 5.15. The van der Waals surface area contributed by atoms with E-state index in [2.05, 4.69) is 54.5 Å². The first-order chi connectivity index (χ1) is 9.67. The van der Waals surface area contributed by atoms with E-state index in [1.165, 1.54) is 16.7 Å². The van der Waals surface area contributed by atoms with Crippen molar-refractivity contribution >= 4 is 11.1 Å². The van der Waals surface area contributed by atoms with Gasteiger partial charge in [-0.1, -0.05) is 12.1 Å². The van der Waals surface area contributed by atoms with Gasteiger partial charge in [-0.25, -0.2) is 4.98 Å². The predicted octanol–water partition coefficient (Wildman–Crippen LogP) is 3.83. The second-order valence-electron chi connectivity index (χ2n) is 5.15. The fraction of sp³-hybridized carbons (Fsp3) is 0.235. The molecule has 0 bridgehead atoms. The monoisotopic (exact) mass is 266 g/mol. The van der Waals surface area contributed by atoms with E-state index in [0.717, 1.165) is 23.2 Å². The molecule has 0 unspecified atom stereocenters. The summed E-state index contributed by atoms with van der Waals surface area (Å²) >= 11 is 0. The zero-order valence-electron chi connectivity index (χ0n) is 12.0. The summed E-state index contributed by atoms with van der Waals surface area (Å²) in [7, 11) is 1.94. The maximum absolute atomic E-state index is 5.85. The van der Waals surface area contributed by atoms with E-state index < -0.39 is 0 Å². The molecule has 20 heavy (non-hydrogen) atoms. The van der Waals surface area contributed by atoms with Crippen molar-refractivity contribution in [3.8, 4) is 11.5 Å². The number of nitrogens with one attached hydrogen (secondary N) is 1. The van der Waals surface area contributed by atoms with Gasteiger partial charge in [0.1, 0.15) is 5.52 Å². The van der Waals surface area contributed by atoms with Crippen LogP contribution in [0.4, 0.5) is 0 Å². The van der Waals surface area contributed by atoms with Crippen LogP contribution in [0.5, 0.6) is 0 Å². The van der Waals surface area contributed by atoms with Gasteiger partial charge in [0.25, 0.3) is 0 Å². The van der Waals surface area contributed by atoms with Crippen LogP contribution in [0, 0.1) is 13.8 Å². The summed E-state index contributed by atoms with van der Waals surface area (Å²) in [5.41, 5.74) is 6.50. The number of fused-ring (bicyclic) bond motifs is 1. The van der Waals surface area contributed by atoms with Gasteiger partial charge in [-0.2, -0.15) is 0 Å². The van der Waals surface area contributed by atoms with Crippen molar-refractivity contribution < 1.29 is 4.42 Å². The Bertz CT molecular complexity index is 759. The molecule has 0 saturated carbocycles. The molecule has 0 spiro atoms. The number of hydrogen-bond donors (Lipinski definition) is 1. The number of rotatable bonds is 3. The molecule has 0 atom stereocenters. The third kappa shape index (κ3) is 2.32. The predicted molar refractivity (Wildman–Crippen MR) is 81.7 cm³/mol. The number of oxazole rings is 1. The van der Waals surface area contributed by atoms with Gasteiger partial charge >= 0.3 is 0 Å². The van der Waals surface area contributed by atoms with Crippen LogP contribution in [0.2, 0.25) is 0 Å². The molecule has 0 fully saturated rings. The number of aryl methyl sites for hydroxylation is 2. The molecule has 3 aromatic rings. The summed E-state index contributed by atoms with van der Waals surface area (Å²) in [6, 6.07) is 12.4. The maximum Gasteiger partial charge on any atom is 0.227 e. The summed E-state index contributed by atoms with van der Waals surface area (Å²) in [6.07, 6.45) is 0. The molecule has 2 aromatic carbocycles. The Morgan fingerprint density at radius 1 is 1.05 bits per heavy atom. The highest BCUT2D eigenvalue weighted by molar-refractivity contribution is 5.77. The highest BCUT2D eigenvalue weighted by Crippen LogP contribution is 2.26.